The Morgan fingerprint density at radius 2 is 1.97 bits per heavy atom. The van der Waals surface area contributed by atoms with Crippen molar-refractivity contribution in [2.45, 2.75) is 44.9 Å². The number of nitrogens with zero attached hydrogens (tertiary/aromatic N) is 1. The van der Waals surface area contributed by atoms with Gasteiger partial charge in [0, 0.05) is 24.1 Å². The van der Waals surface area contributed by atoms with Crippen LogP contribution < -0.4 is 16.0 Å². The largest absolute Gasteiger partial charge is 0.489 e. The van der Waals surface area contributed by atoms with Crippen LogP contribution in [0.4, 0.5) is 10.2 Å². The topological polar surface area (TPSA) is 97.5 Å². The Morgan fingerprint density at radius 3 is 2.72 bits per heavy atom. The fraction of sp³-hybridized carbons (Fsp3) is 0.400. The third-order valence-corrected chi connectivity index (χ3v) is 5.19. The maximum absolute atomic E-state index is 13.6. The number of unbranched alkanes of at least 4 members (excludes halogenated alkanes) is 3. The minimum absolute atomic E-state index is 0.00239. The van der Waals surface area contributed by atoms with Crippen LogP contribution in [-0.2, 0) is 17.6 Å². The van der Waals surface area contributed by atoms with E-state index in [0.29, 0.717) is 29.2 Å². The molecular formula is C20H24Cl2FN3O3. The molecule has 4 N–H and O–H groups in total. The first-order chi connectivity index (χ1) is 13.9. The van der Waals surface area contributed by atoms with E-state index in [1.54, 1.807) is 11.7 Å². The molecule has 0 bridgehead atoms. The van der Waals surface area contributed by atoms with Crippen LogP contribution in [-0.4, -0.2) is 22.7 Å². The molecule has 0 aliphatic rings. The minimum atomic E-state index is -0.522. The molecule has 0 aliphatic carbocycles. The van der Waals surface area contributed by atoms with Crippen molar-refractivity contribution in [3.63, 3.8) is 0 Å². The lowest BCUT2D eigenvalue weighted by molar-refractivity contribution is -0.129. The van der Waals surface area contributed by atoms with Gasteiger partial charge >= 0.3 is 0 Å². The molecule has 2 rings (SSSR count). The molecule has 0 saturated heterocycles. The summed E-state index contributed by atoms with van der Waals surface area (Å²) in [6.45, 7) is 0.227. The summed E-state index contributed by atoms with van der Waals surface area (Å²) in [5, 5.41) is 8.82. The zero-order valence-electron chi connectivity index (χ0n) is 15.9. The minimum Gasteiger partial charge on any atom is -0.489 e. The molecule has 1 heterocycles. The molecular weight excluding hydrogens is 420 g/mol. The number of pyridine rings is 1. The van der Waals surface area contributed by atoms with Crippen LogP contribution in [0.3, 0.4) is 0 Å². The molecule has 0 fully saturated rings. The molecule has 9 heteroatoms. The molecule has 158 valence electrons. The van der Waals surface area contributed by atoms with Gasteiger partial charge in [-0.05, 0) is 48.6 Å². The van der Waals surface area contributed by atoms with Gasteiger partial charge in [-0.3, -0.25) is 10.0 Å². The van der Waals surface area contributed by atoms with E-state index in [1.165, 1.54) is 12.1 Å². The van der Waals surface area contributed by atoms with E-state index in [-0.39, 0.29) is 23.4 Å². The number of hydrogen-bond donors (Lipinski definition) is 3. The van der Waals surface area contributed by atoms with Crippen LogP contribution in [0.25, 0.3) is 0 Å². The highest BCUT2D eigenvalue weighted by atomic mass is 35.5. The predicted molar refractivity (Wildman–Crippen MR) is 111 cm³/mol. The number of aryl methyl sites for hydroxylation is 1. The van der Waals surface area contributed by atoms with Gasteiger partial charge in [-0.2, -0.15) is 0 Å². The lowest BCUT2D eigenvalue weighted by atomic mass is 10.1. The van der Waals surface area contributed by atoms with E-state index in [9.17, 15) is 9.18 Å². The molecule has 1 amide bonds. The van der Waals surface area contributed by atoms with Crippen molar-refractivity contribution in [3.8, 4) is 5.75 Å². The molecule has 2 aromatic rings. The van der Waals surface area contributed by atoms with Crippen molar-refractivity contribution in [1.29, 1.82) is 0 Å². The summed E-state index contributed by atoms with van der Waals surface area (Å²) < 4.78 is 19.3. The van der Waals surface area contributed by atoms with Crippen molar-refractivity contribution >= 4 is 34.9 Å². The SMILES string of the molecule is Nc1ncc(CCCCCCC(=O)NO)cc1OCCc1c(Cl)ccc(F)c1Cl. The molecule has 1 aromatic carbocycles. The zero-order chi connectivity index (χ0) is 21.2. The summed E-state index contributed by atoms with van der Waals surface area (Å²) in [4.78, 5) is 15.1. The van der Waals surface area contributed by atoms with Gasteiger partial charge in [0.1, 0.15) is 5.82 Å². The van der Waals surface area contributed by atoms with E-state index >= 15 is 0 Å². The van der Waals surface area contributed by atoms with E-state index in [1.807, 2.05) is 6.07 Å². The molecule has 0 unspecified atom stereocenters. The number of nitrogen functional groups attached to an aromatic ring is 1. The van der Waals surface area contributed by atoms with Gasteiger partial charge in [0.25, 0.3) is 0 Å². The number of nitrogens with two attached hydrogens (primary N) is 1. The second-order valence-corrected chi connectivity index (χ2v) is 7.38. The number of aromatic nitrogens is 1. The van der Waals surface area contributed by atoms with Crippen LogP contribution in [0.1, 0.15) is 43.2 Å². The van der Waals surface area contributed by atoms with Crippen molar-refractivity contribution in [2.24, 2.45) is 0 Å². The molecule has 29 heavy (non-hydrogen) atoms. The smallest absolute Gasteiger partial charge is 0.243 e. The Hall–Kier alpha value is -2.09. The average molecular weight is 444 g/mol. The fourth-order valence-electron chi connectivity index (χ4n) is 2.83. The van der Waals surface area contributed by atoms with Gasteiger partial charge in [0.05, 0.1) is 11.6 Å². The quantitative estimate of drug-likeness (QED) is 0.202. The number of benzene rings is 1. The number of anilines is 1. The zero-order valence-corrected chi connectivity index (χ0v) is 17.4. The second kappa shape index (κ2) is 11.8. The van der Waals surface area contributed by atoms with Crippen molar-refractivity contribution in [1.82, 2.24) is 10.5 Å². The van der Waals surface area contributed by atoms with Crippen LogP contribution in [0.15, 0.2) is 24.4 Å². The van der Waals surface area contributed by atoms with Gasteiger partial charge < -0.3 is 10.5 Å². The lowest BCUT2D eigenvalue weighted by Crippen LogP contribution is -2.17. The van der Waals surface area contributed by atoms with E-state index in [0.717, 1.165) is 37.7 Å². The maximum atomic E-state index is 13.6. The Labute approximate surface area is 179 Å². The van der Waals surface area contributed by atoms with Crippen LogP contribution >= 0.6 is 23.2 Å². The number of carbonyl (C=O) groups excluding carboxylic acids is 1. The second-order valence-electron chi connectivity index (χ2n) is 6.60. The number of hydroxylamine groups is 1. The number of halogens is 3. The average Bonchev–Trinajstić information content (AvgIpc) is 2.71. The van der Waals surface area contributed by atoms with Crippen LogP contribution in [0, 0.1) is 5.82 Å². The fourth-order valence-corrected chi connectivity index (χ4v) is 3.39. The lowest BCUT2D eigenvalue weighted by Gasteiger charge is -2.12. The van der Waals surface area contributed by atoms with Gasteiger partial charge in [-0.25, -0.2) is 14.9 Å². The molecule has 6 nitrogen and oxygen atoms in total. The monoisotopic (exact) mass is 443 g/mol. The van der Waals surface area contributed by atoms with E-state index in [4.69, 9.17) is 38.9 Å². The van der Waals surface area contributed by atoms with Gasteiger partial charge in [0.2, 0.25) is 5.91 Å². The normalized spacial score (nSPS) is 10.8. The third kappa shape index (κ3) is 7.34. The Kier molecular flexibility index (Phi) is 9.44. The highest BCUT2D eigenvalue weighted by molar-refractivity contribution is 6.36. The van der Waals surface area contributed by atoms with Gasteiger partial charge in [-0.1, -0.05) is 36.0 Å². The summed E-state index contributed by atoms with van der Waals surface area (Å²) in [6, 6.07) is 4.53. The highest BCUT2D eigenvalue weighted by Gasteiger charge is 2.12. The molecule has 0 atom stereocenters. The number of amides is 1. The molecule has 0 spiro atoms. The van der Waals surface area contributed by atoms with Crippen molar-refractivity contribution in [2.75, 3.05) is 12.3 Å². The molecule has 0 saturated carbocycles. The Morgan fingerprint density at radius 1 is 1.21 bits per heavy atom. The number of ether oxygens (including phenoxy) is 1. The standard InChI is InChI=1S/C20H24Cl2FN3O3/c21-15-7-8-16(23)19(22)14(15)9-10-29-17-11-13(12-25-20(17)24)5-3-1-2-4-6-18(27)26-28/h7-8,11-12,28H,1-6,9-10H2,(H2,24,25)(H,26,27). The predicted octanol–water partition coefficient (Wildman–Crippen LogP) is 4.73. The number of hydrogen-bond acceptors (Lipinski definition) is 5. The summed E-state index contributed by atoms with van der Waals surface area (Å²) in [5.74, 6) is -0.146. The van der Waals surface area contributed by atoms with Crippen LogP contribution in [0.2, 0.25) is 10.0 Å². The van der Waals surface area contributed by atoms with E-state index < -0.39 is 5.82 Å². The summed E-state index contributed by atoms with van der Waals surface area (Å²) >= 11 is 12.0. The first kappa shape index (κ1) is 23.2. The number of nitrogens with one attached hydrogen (secondary N) is 1. The highest BCUT2D eigenvalue weighted by Crippen LogP contribution is 2.28. The third-order valence-electron chi connectivity index (χ3n) is 4.43. The first-order valence-electron chi connectivity index (χ1n) is 9.35. The summed E-state index contributed by atoms with van der Waals surface area (Å²) in [7, 11) is 0. The van der Waals surface area contributed by atoms with Gasteiger partial charge in [-0.15, -0.1) is 0 Å². The molecule has 0 aliphatic heterocycles. The number of carbonyl (C=O) groups is 1. The van der Waals surface area contributed by atoms with Gasteiger partial charge in [0.15, 0.2) is 11.6 Å². The summed E-state index contributed by atoms with van der Waals surface area (Å²) in [5.41, 5.74) is 8.99. The molecule has 0 radical (unpaired) electrons. The first-order valence-corrected chi connectivity index (χ1v) is 10.1. The van der Waals surface area contributed by atoms with Crippen molar-refractivity contribution in [3.05, 3.63) is 51.4 Å². The Balaban J connectivity index is 1.81. The van der Waals surface area contributed by atoms with Crippen LogP contribution in [0.5, 0.6) is 5.75 Å². The Bertz CT molecular complexity index is 837. The summed E-state index contributed by atoms with van der Waals surface area (Å²) in [6.07, 6.45) is 6.67. The molecule has 1 aromatic heterocycles. The van der Waals surface area contributed by atoms with Crippen molar-refractivity contribution < 1.29 is 19.1 Å². The maximum Gasteiger partial charge on any atom is 0.243 e. The number of rotatable bonds is 11. The van der Waals surface area contributed by atoms with E-state index in [2.05, 4.69) is 4.98 Å².